The maximum absolute atomic E-state index is 12.5. The van der Waals surface area contributed by atoms with Crippen molar-refractivity contribution in [1.29, 1.82) is 0 Å². The molecule has 0 amide bonds. The number of aromatic nitrogens is 1. The van der Waals surface area contributed by atoms with Crippen LogP contribution in [-0.4, -0.2) is 48.0 Å². The van der Waals surface area contributed by atoms with Crippen LogP contribution >= 0.6 is 11.6 Å². The molecule has 0 spiro atoms. The third kappa shape index (κ3) is 3.69. The second-order valence-electron chi connectivity index (χ2n) is 5.11. The molecule has 1 atom stereocenters. The topological polar surface area (TPSA) is 53.5 Å². The number of alkyl halides is 1. The summed E-state index contributed by atoms with van der Waals surface area (Å²) in [6.07, 6.45) is 3.54. The van der Waals surface area contributed by atoms with Crippen LogP contribution in [0.1, 0.15) is 18.5 Å². The first-order chi connectivity index (χ1) is 9.54. The monoisotopic (exact) mass is 317 g/mol. The Morgan fingerprint density at radius 1 is 1.50 bits per heavy atom. The number of piperidine rings is 1. The van der Waals surface area contributed by atoms with Crippen molar-refractivity contribution in [3.8, 4) is 0 Å². The van der Waals surface area contributed by atoms with Crippen LogP contribution in [0.25, 0.3) is 0 Å². The second-order valence-corrected chi connectivity index (χ2v) is 7.45. The zero-order valence-electron chi connectivity index (χ0n) is 11.6. The molecule has 112 valence electrons. The van der Waals surface area contributed by atoms with Crippen molar-refractivity contribution < 1.29 is 8.42 Å². The molecule has 0 N–H and O–H groups in total. The summed E-state index contributed by atoms with van der Waals surface area (Å²) in [6, 6.07) is 5.49. The van der Waals surface area contributed by atoms with E-state index in [1.165, 1.54) is 8.61 Å². The van der Waals surface area contributed by atoms with E-state index in [0.717, 1.165) is 18.5 Å². The Kier molecular flexibility index (Phi) is 5.37. The van der Waals surface area contributed by atoms with E-state index >= 15 is 0 Å². The largest absolute Gasteiger partial charge is 0.282 e. The lowest BCUT2D eigenvalue weighted by atomic mass is 10.0. The molecule has 0 bridgehead atoms. The quantitative estimate of drug-likeness (QED) is 0.777. The van der Waals surface area contributed by atoms with Crippen molar-refractivity contribution in [3.63, 3.8) is 0 Å². The normalized spacial score (nSPS) is 21.2. The average molecular weight is 318 g/mol. The van der Waals surface area contributed by atoms with Gasteiger partial charge < -0.3 is 0 Å². The molecule has 2 rings (SSSR count). The fourth-order valence-electron chi connectivity index (χ4n) is 2.36. The van der Waals surface area contributed by atoms with Crippen molar-refractivity contribution in [2.45, 2.75) is 19.4 Å². The van der Waals surface area contributed by atoms with Crippen LogP contribution in [0.2, 0.25) is 0 Å². The summed E-state index contributed by atoms with van der Waals surface area (Å²) in [5, 5.41) is 0. The lowest BCUT2D eigenvalue weighted by Crippen LogP contribution is -2.46. The van der Waals surface area contributed by atoms with Gasteiger partial charge in [0.25, 0.3) is 10.2 Å². The summed E-state index contributed by atoms with van der Waals surface area (Å²) in [7, 11) is -1.84. The predicted octanol–water partition coefficient (Wildman–Crippen LogP) is 1.71. The van der Waals surface area contributed by atoms with Crippen molar-refractivity contribution in [3.05, 3.63) is 30.1 Å². The molecule has 20 heavy (non-hydrogen) atoms. The molecular formula is C13H20ClN3O2S. The third-order valence-electron chi connectivity index (χ3n) is 3.53. The van der Waals surface area contributed by atoms with Crippen LogP contribution in [0.3, 0.4) is 0 Å². The number of rotatable bonds is 5. The van der Waals surface area contributed by atoms with Gasteiger partial charge in [0, 0.05) is 32.2 Å². The number of halogens is 1. The third-order valence-corrected chi connectivity index (χ3v) is 5.87. The molecule has 2 heterocycles. The fourth-order valence-corrected chi connectivity index (χ4v) is 4.06. The minimum Gasteiger partial charge on any atom is -0.260 e. The Morgan fingerprint density at radius 3 is 2.95 bits per heavy atom. The van der Waals surface area contributed by atoms with E-state index in [-0.39, 0.29) is 12.5 Å². The summed E-state index contributed by atoms with van der Waals surface area (Å²) in [4.78, 5) is 4.16. The van der Waals surface area contributed by atoms with Gasteiger partial charge in [0.15, 0.2) is 0 Å². The standard InChI is InChI=1S/C13H20ClN3O2S/c1-16(11-13-6-2-3-7-15-13)20(18,19)17-8-4-5-12(9-14)10-17/h2-3,6-7,12H,4-5,8-11H2,1H3. The highest BCUT2D eigenvalue weighted by molar-refractivity contribution is 7.86. The molecule has 0 saturated carbocycles. The van der Waals surface area contributed by atoms with Crippen molar-refractivity contribution in [1.82, 2.24) is 13.6 Å². The minimum absolute atomic E-state index is 0.253. The number of nitrogens with zero attached hydrogens (tertiary/aromatic N) is 3. The smallest absolute Gasteiger partial charge is 0.260 e. The van der Waals surface area contributed by atoms with Crippen molar-refractivity contribution >= 4 is 21.8 Å². The van der Waals surface area contributed by atoms with E-state index in [2.05, 4.69) is 4.98 Å². The van der Waals surface area contributed by atoms with Crippen molar-refractivity contribution in [2.75, 3.05) is 26.0 Å². The van der Waals surface area contributed by atoms with E-state index in [9.17, 15) is 8.42 Å². The van der Waals surface area contributed by atoms with E-state index in [1.807, 2.05) is 18.2 Å². The van der Waals surface area contributed by atoms with Gasteiger partial charge in [-0.2, -0.15) is 17.0 Å². The lowest BCUT2D eigenvalue weighted by molar-refractivity contribution is 0.264. The van der Waals surface area contributed by atoms with Gasteiger partial charge in [-0.1, -0.05) is 6.07 Å². The highest BCUT2D eigenvalue weighted by atomic mass is 35.5. The summed E-state index contributed by atoms with van der Waals surface area (Å²) in [5.74, 6) is 0.763. The molecule has 0 aliphatic carbocycles. The maximum Gasteiger partial charge on any atom is 0.282 e. The van der Waals surface area contributed by atoms with Gasteiger partial charge in [0.2, 0.25) is 0 Å². The van der Waals surface area contributed by atoms with Gasteiger partial charge in [-0.3, -0.25) is 4.98 Å². The summed E-state index contributed by atoms with van der Waals surface area (Å²) >= 11 is 5.86. The van der Waals surface area contributed by atoms with E-state index in [0.29, 0.717) is 19.0 Å². The zero-order valence-corrected chi connectivity index (χ0v) is 13.1. The van der Waals surface area contributed by atoms with Gasteiger partial charge >= 0.3 is 0 Å². The molecule has 5 nitrogen and oxygen atoms in total. The van der Waals surface area contributed by atoms with Gasteiger partial charge in [-0.05, 0) is 30.9 Å². The van der Waals surface area contributed by atoms with Crippen LogP contribution in [0.15, 0.2) is 24.4 Å². The highest BCUT2D eigenvalue weighted by Gasteiger charge is 2.31. The first kappa shape index (κ1) is 15.7. The van der Waals surface area contributed by atoms with Crippen LogP contribution in [-0.2, 0) is 16.8 Å². The average Bonchev–Trinajstić information content (AvgIpc) is 2.48. The van der Waals surface area contributed by atoms with Gasteiger partial charge in [-0.15, -0.1) is 11.6 Å². The van der Waals surface area contributed by atoms with Gasteiger partial charge in [0.05, 0.1) is 12.2 Å². The molecule has 7 heteroatoms. The molecule has 1 aromatic rings. The van der Waals surface area contributed by atoms with Crippen LogP contribution in [0.4, 0.5) is 0 Å². The Hall–Kier alpha value is -0.690. The van der Waals surface area contributed by atoms with E-state index in [4.69, 9.17) is 11.6 Å². The Labute approximate surface area is 125 Å². The Bertz CT molecular complexity index is 524. The molecule has 1 aliphatic rings. The number of hydrogen-bond acceptors (Lipinski definition) is 3. The van der Waals surface area contributed by atoms with Crippen LogP contribution in [0.5, 0.6) is 0 Å². The van der Waals surface area contributed by atoms with Crippen LogP contribution < -0.4 is 0 Å². The lowest BCUT2D eigenvalue weighted by Gasteiger charge is -2.33. The molecule has 1 fully saturated rings. The molecule has 1 aromatic heterocycles. The Balaban J connectivity index is 2.05. The second kappa shape index (κ2) is 6.85. The zero-order chi connectivity index (χ0) is 14.6. The number of pyridine rings is 1. The Morgan fingerprint density at radius 2 is 2.30 bits per heavy atom. The molecule has 0 radical (unpaired) electrons. The molecular weight excluding hydrogens is 298 g/mol. The minimum atomic E-state index is -3.44. The molecule has 1 unspecified atom stereocenters. The van der Waals surface area contributed by atoms with Crippen molar-refractivity contribution in [2.24, 2.45) is 5.92 Å². The number of hydrogen-bond donors (Lipinski definition) is 0. The van der Waals surface area contributed by atoms with Gasteiger partial charge in [0.1, 0.15) is 0 Å². The van der Waals surface area contributed by atoms with Gasteiger partial charge in [-0.25, -0.2) is 0 Å². The van der Waals surface area contributed by atoms with E-state index in [1.54, 1.807) is 13.2 Å². The highest BCUT2D eigenvalue weighted by Crippen LogP contribution is 2.22. The van der Waals surface area contributed by atoms with Crippen LogP contribution in [0, 0.1) is 5.92 Å². The first-order valence-corrected chi connectivity index (χ1v) is 8.64. The predicted molar refractivity (Wildman–Crippen MR) is 79.6 cm³/mol. The van der Waals surface area contributed by atoms with E-state index < -0.39 is 10.2 Å². The summed E-state index contributed by atoms with van der Waals surface area (Å²) < 4.78 is 28.0. The maximum atomic E-state index is 12.5. The fraction of sp³-hybridized carbons (Fsp3) is 0.615. The molecule has 1 saturated heterocycles. The molecule has 0 aromatic carbocycles. The summed E-state index contributed by atoms with van der Waals surface area (Å²) in [6.45, 7) is 1.37. The first-order valence-electron chi connectivity index (χ1n) is 6.71. The SMILES string of the molecule is CN(Cc1ccccn1)S(=O)(=O)N1CCCC(CCl)C1. The molecule has 1 aliphatic heterocycles. The summed E-state index contributed by atoms with van der Waals surface area (Å²) in [5.41, 5.74) is 0.740.